The second-order valence-electron chi connectivity index (χ2n) is 5.43. The Morgan fingerprint density at radius 1 is 1.56 bits per heavy atom. The minimum absolute atomic E-state index is 0.0693. The number of hydrogen-bond donors (Lipinski definition) is 1. The maximum atomic E-state index is 11.6. The van der Waals surface area contributed by atoms with Gasteiger partial charge in [-0.15, -0.1) is 0 Å². The van der Waals surface area contributed by atoms with Crippen molar-refractivity contribution in [2.45, 2.75) is 58.8 Å². The zero-order valence-electron chi connectivity index (χ0n) is 10.9. The molecule has 0 aromatic heterocycles. The van der Waals surface area contributed by atoms with Crippen molar-refractivity contribution in [3.8, 4) is 0 Å². The van der Waals surface area contributed by atoms with Crippen molar-refractivity contribution in [1.29, 1.82) is 0 Å². The summed E-state index contributed by atoms with van der Waals surface area (Å²) in [6.07, 6.45) is 0.830. The topological polar surface area (TPSA) is 50.9 Å². The van der Waals surface area contributed by atoms with E-state index < -0.39 is 5.60 Å². The van der Waals surface area contributed by atoms with Crippen molar-refractivity contribution in [2.75, 3.05) is 6.61 Å². The van der Waals surface area contributed by atoms with E-state index in [-0.39, 0.29) is 18.2 Å². The second-order valence-corrected chi connectivity index (χ2v) is 5.43. The van der Waals surface area contributed by atoms with Crippen LogP contribution < -0.4 is 5.32 Å². The zero-order valence-corrected chi connectivity index (χ0v) is 10.9. The van der Waals surface area contributed by atoms with Crippen molar-refractivity contribution in [3.05, 3.63) is 0 Å². The minimum Gasteiger partial charge on any atom is -0.444 e. The van der Waals surface area contributed by atoms with Gasteiger partial charge in [-0.2, -0.15) is 0 Å². The van der Waals surface area contributed by atoms with E-state index in [1.54, 1.807) is 0 Å². The van der Waals surface area contributed by atoms with Crippen LogP contribution >= 0.6 is 0 Å². The number of hydrogen-bond acceptors (Lipinski definition) is 3. The van der Waals surface area contributed by atoms with Crippen LogP contribution in [0, 0.1) is 5.92 Å². The van der Waals surface area contributed by atoms with E-state index in [0.29, 0.717) is 5.92 Å². The van der Waals surface area contributed by atoms with Crippen LogP contribution in [-0.4, -0.2) is 30.4 Å². The highest BCUT2D eigenvalue weighted by molar-refractivity contribution is 5.68. The molecule has 1 unspecified atom stereocenters. The van der Waals surface area contributed by atoms with Crippen molar-refractivity contribution in [2.24, 2.45) is 5.92 Å². The molecule has 0 radical (unpaired) electrons. The average Bonchev–Trinajstić information content (AvgIpc) is 2.93. The summed E-state index contributed by atoms with van der Waals surface area (Å²) >= 11 is 0. The van der Waals surface area contributed by atoms with Gasteiger partial charge in [0.25, 0.3) is 0 Å². The Balaban J connectivity index is 2.45. The Bertz CT molecular complexity index is 243. The van der Waals surface area contributed by atoms with Crippen molar-refractivity contribution in [1.82, 2.24) is 5.32 Å². The fourth-order valence-electron chi connectivity index (χ4n) is 1.56. The van der Waals surface area contributed by atoms with Gasteiger partial charge in [-0.25, -0.2) is 4.79 Å². The molecule has 1 fully saturated rings. The van der Waals surface area contributed by atoms with Gasteiger partial charge in [0.1, 0.15) is 11.7 Å². The smallest absolute Gasteiger partial charge is 0.407 e. The van der Waals surface area contributed by atoms with Crippen LogP contribution in [0.1, 0.15) is 41.0 Å². The normalized spacial score (nSPS) is 23.4. The monoisotopic (exact) mass is 229 g/mol. The molecule has 1 aliphatic rings. The van der Waals surface area contributed by atoms with E-state index in [2.05, 4.69) is 19.2 Å². The highest BCUT2D eigenvalue weighted by atomic mass is 16.6. The van der Waals surface area contributed by atoms with Crippen LogP contribution in [0.4, 0.5) is 4.79 Å². The predicted octanol–water partition coefficient (Wildman–Crippen LogP) is 2.32. The van der Waals surface area contributed by atoms with Crippen LogP contribution in [0.25, 0.3) is 0 Å². The molecule has 4 nitrogen and oxygen atoms in total. The third-order valence-corrected chi connectivity index (χ3v) is 2.70. The Hall–Kier alpha value is -0.770. The highest BCUT2D eigenvalue weighted by Crippen LogP contribution is 2.22. The summed E-state index contributed by atoms with van der Waals surface area (Å²) < 4.78 is 10.5. The van der Waals surface area contributed by atoms with Crippen LogP contribution in [0.2, 0.25) is 0 Å². The van der Waals surface area contributed by atoms with Gasteiger partial charge in [0.05, 0.1) is 12.6 Å². The Kier molecular flexibility index (Phi) is 4.19. The molecule has 94 valence electrons. The number of carbonyl (C=O) groups is 1. The summed E-state index contributed by atoms with van der Waals surface area (Å²) in [4.78, 5) is 11.6. The molecule has 16 heavy (non-hydrogen) atoms. The van der Waals surface area contributed by atoms with E-state index >= 15 is 0 Å². The lowest BCUT2D eigenvalue weighted by molar-refractivity contribution is 0.0474. The quantitative estimate of drug-likeness (QED) is 0.753. The van der Waals surface area contributed by atoms with Crippen molar-refractivity contribution < 1.29 is 14.3 Å². The molecule has 1 saturated heterocycles. The fraction of sp³-hybridized carbons (Fsp3) is 0.917. The summed E-state index contributed by atoms with van der Waals surface area (Å²) in [5.74, 6) is 0.403. The van der Waals surface area contributed by atoms with Crippen LogP contribution in [0.5, 0.6) is 0 Å². The largest absolute Gasteiger partial charge is 0.444 e. The number of nitrogens with one attached hydrogen (secondary N) is 1. The minimum atomic E-state index is -0.450. The fourth-order valence-corrected chi connectivity index (χ4v) is 1.56. The lowest BCUT2D eigenvalue weighted by atomic mass is 9.97. The lowest BCUT2D eigenvalue weighted by Crippen LogP contribution is -2.45. The summed E-state index contributed by atoms with van der Waals surface area (Å²) in [6.45, 7) is 10.5. The number of amides is 1. The first-order chi connectivity index (χ1) is 7.33. The van der Waals surface area contributed by atoms with Gasteiger partial charge in [0, 0.05) is 0 Å². The van der Waals surface area contributed by atoms with Crippen molar-refractivity contribution >= 4 is 6.09 Å². The van der Waals surface area contributed by atoms with Gasteiger partial charge in [0.2, 0.25) is 0 Å². The number of alkyl carbamates (subject to hydrolysis) is 1. The van der Waals surface area contributed by atoms with Gasteiger partial charge >= 0.3 is 6.09 Å². The second kappa shape index (κ2) is 5.04. The molecule has 1 heterocycles. The molecular formula is C12H23NO3. The van der Waals surface area contributed by atoms with Gasteiger partial charge in [0.15, 0.2) is 0 Å². The maximum absolute atomic E-state index is 11.6. The Morgan fingerprint density at radius 2 is 2.12 bits per heavy atom. The molecular weight excluding hydrogens is 206 g/mol. The number of rotatable bonds is 4. The first kappa shape index (κ1) is 13.3. The van der Waals surface area contributed by atoms with Gasteiger partial charge < -0.3 is 14.8 Å². The molecule has 0 bridgehead atoms. The van der Waals surface area contributed by atoms with Gasteiger partial charge in [-0.05, 0) is 26.7 Å². The SMILES string of the molecule is CC[C@@H](C)C(NC(=O)OC(C)(C)C)[C@H]1CO1. The van der Waals surface area contributed by atoms with Gasteiger partial charge in [-0.1, -0.05) is 20.3 Å². The Labute approximate surface area is 97.7 Å². The molecule has 0 aliphatic carbocycles. The molecule has 4 heteroatoms. The molecule has 0 spiro atoms. The van der Waals surface area contributed by atoms with E-state index in [1.165, 1.54) is 0 Å². The van der Waals surface area contributed by atoms with Gasteiger partial charge in [-0.3, -0.25) is 0 Å². The van der Waals surface area contributed by atoms with E-state index in [9.17, 15) is 4.79 Å². The third-order valence-electron chi connectivity index (χ3n) is 2.70. The summed E-state index contributed by atoms with van der Waals surface area (Å²) in [5, 5.41) is 2.90. The molecule has 1 rings (SSSR count). The zero-order chi connectivity index (χ0) is 12.3. The molecule has 1 N–H and O–H groups in total. The average molecular weight is 229 g/mol. The van der Waals surface area contributed by atoms with Crippen LogP contribution in [0.15, 0.2) is 0 Å². The van der Waals surface area contributed by atoms with E-state index in [1.807, 2.05) is 20.8 Å². The van der Waals surface area contributed by atoms with Crippen LogP contribution in [0.3, 0.4) is 0 Å². The number of ether oxygens (including phenoxy) is 2. The molecule has 3 atom stereocenters. The predicted molar refractivity (Wildman–Crippen MR) is 62.4 cm³/mol. The number of epoxide rings is 1. The van der Waals surface area contributed by atoms with Crippen LogP contribution in [-0.2, 0) is 9.47 Å². The molecule has 0 aromatic carbocycles. The summed E-state index contributed by atoms with van der Waals surface area (Å²) in [5.41, 5.74) is -0.450. The molecule has 1 aliphatic heterocycles. The molecule has 0 aromatic rings. The highest BCUT2D eigenvalue weighted by Gasteiger charge is 2.37. The van der Waals surface area contributed by atoms with Crippen molar-refractivity contribution in [3.63, 3.8) is 0 Å². The Morgan fingerprint density at radius 3 is 2.50 bits per heavy atom. The molecule has 1 amide bonds. The summed E-state index contributed by atoms with van der Waals surface area (Å²) in [6, 6.07) is 0.0693. The maximum Gasteiger partial charge on any atom is 0.407 e. The first-order valence-electron chi connectivity index (χ1n) is 5.94. The number of carbonyl (C=O) groups excluding carboxylic acids is 1. The van der Waals surface area contributed by atoms with E-state index in [0.717, 1.165) is 13.0 Å². The first-order valence-corrected chi connectivity index (χ1v) is 5.94. The standard InChI is InChI=1S/C12H23NO3/c1-6-8(2)10(9-7-15-9)13-11(14)16-12(3,4)5/h8-10H,6-7H2,1-5H3,(H,13,14)/t8-,9-,10?/m1/s1. The summed E-state index contributed by atoms with van der Waals surface area (Å²) in [7, 11) is 0. The third kappa shape index (κ3) is 4.39. The lowest BCUT2D eigenvalue weighted by Gasteiger charge is -2.25. The van der Waals surface area contributed by atoms with E-state index in [4.69, 9.17) is 9.47 Å². The molecule has 0 saturated carbocycles.